The summed E-state index contributed by atoms with van der Waals surface area (Å²) >= 11 is 16.3. The second kappa shape index (κ2) is 6.77. The van der Waals surface area contributed by atoms with Gasteiger partial charge in [0.25, 0.3) is 0 Å². The van der Waals surface area contributed by atoms with Crippen LogP contribution in [0.1, 0.15) is 18.5 Å². The molecule has 0 aliphatic heterocycles. The predicted octanol–water partition coefficient (Wildman–Crippen LogP) is 6.94. The first-order chi connectivity index (χ1) is 9.38. The Bertz CT molecular complexity index is 625. The second-order valence-electron chi connectivity index (χ2n) is 4.28. The first-order valence-corrected chi connectivity index (χ1v) is 8.50. The third kappa shape index (κ3) is 3.75. The topological polar surface area (TPSA) is 12.0 Å². The summed E-state index contributed by atoms with van der Waals surface area (Å²) in [6, 6.07) is 8.63. The first kappa shape index (κ1) is 16.3. The molecule has 1 unspecified atom stereocenters. The zero-order valence-corrected chi connectivity index (χ0v) is 15.9. The van der Waals surface area contributed by atoms with Crippen LogP contribution in [-0.4, -0.2) is 0 Å². The smallest absolute Gasteiger partial charge is 0.141 e. The molecular formula is C14H10Br3ClFN. The number of anilines is 1. The van der Waals surface area contributed by atoms with Crippen LogP contribution in [0.25, 0.3) is 0 Å². The number of nitrogens with one attached hydrogen (secondary N) is 1. The molecule has 0 fully saturated rings. The molecule has 2 aromatic rings. The molecule has 0 radical (unpaired) electrons. The molecule has 0 amide bonds. The number of hydrogen-bond acceptors (Lipinski definition) is 1. The van der Waals surface area contributed by atoms with Gasteiger partial charge in [-0.15, -0.1) is 0 Å². The zero-order valence-electron chi connectivity index (χ0n) is 10.4. The van der Waals surface area contributed by atoms with Crippen molar-refractivity contribution in [1.29, 1.82) is 0 Å². The Hall–Kier alpha value is -0.100. The molecule has 0 saturated carbocycles. The minimum Gasteiger partial charge on any atom is -0.377 e. The van der Waals surface area contributed by atoms with Crippen LogP contribution in [0.3, 0.4) is 0 Å². The Balaban J connectivity index is 2.27. The van der Waals surface area contributed by atoms with E-state index in [9.17, 15) is 4.39 Å². The standard InChI is InChI=1S/C14H10Br3ClFN/c1-7(8-2-3-13(19)12(18)4-8)20-14-10(16)5-9(15)6-11(14)17/h2-7,20H,1H3. The summed E-state index contributed by atoms with van der Waals surface area (Å²) in [6.07, 6.45) is 0. The summed E-state index contributed by atoms with van der Waals surface area (Å²) in [6.45, 7) is 1.99. The molecule has 0 aliphatic carbocycles. The fourth-order valence-corrected chi connectivity index (χ4v) is 4.44. The first-order valence-electron chi connectivity index (χ1n) is 5.74. The molecule has 1 nitrogen and oxygen atoms in total. The van der Waals surface area contributed by atoms with Gasteiger partial charge in [-0.1, -0.05) is 33.6 Å². The summed E-state index contributed by atoms with van der Waals surface area (Å²) in [5.74, 6) is -0.409. The summed E-state index contributed by atoms with van der Waals surface area (Å²) < 4.78 is 16.0. The molecule has 6 heteroatoms. The molecule has 0 aliphatic rings. The maximum Gasteiger partial charge on any atom is 0.141 e. The van der Waals surface area contributed by atoms with Crippen LogP contribution in [0.5, 0.6) is 0 Å². The van der Waals surface area contributed by atoms with Gasteiger partial charge in [0.05, 0.1) is 10.7 Å². The molecule has 0 heterocycles. The predicted molar refractivity (Wildman–Crippen MR) is 93.0 cm³/mol. The Morgan fingerprint density at radius 1 is 1.10 bits per heavy atom. The molecule has 0 saturated heterocycles. The van der Waals surface area contributed by atoms with Crippen molar-refractivity contribution in [2.45, 2.75) is 13.0 Å². The lowest BCUT2D eigenvalue weighted by Gasteiger charge is -2.19. The number of hydrogen-bond donors (Lipinski definition) is 1. The number of benzene rings is 2. The van der Waals surface area contributed by atoms with E-state index in [4.69, 9.17) is 11.6 Å². The molecule has 20 heavy (non-hydrogen) atoms. The van der Waals surface area contributed by atoms with E-state index in [1.54, 1.807) is 12.1 Å². The van der Waals surface area contributed by atoms with Crippen molar-refractivity contribution in [1.82, 2.24) is 0 Å². The van der Waals surface area contributed by atoms with Gasteiger partial charge >= 0.3 is 0 Å². The minimum atomic E-state index is -0.409. The van der Waals surface area contributed by atoms with Crippen LogP contribution in [0, 0.1) is 5.82 Å². The Labute approximate surface area is 147 Å². The van der Waals surface area contributed by atoms with Crippen LogP contribution in [0.15, 0.2) is 43.7 Å². The molecule has 0 bridgehead atoms. The highest BCUT2D eigenvalue weighted by Gasteiger charge is 2.12. The van der Waals surface area contributed by atoms with Gasteiger partial charge in [0, 0.05) is 19.5 Å². The van der Waals surface area contributed by atoms with E-state index < -0.39 is 5.82 Å². The molecule has 0 aromatic heterocycles. The van der Waals surface area contributed by atoms with Crippen molar-refractivity contribution < 1.29 is 4.39 Å². The van der Waals surface area contributed by atoms with E-state index in [2.05, 4.69) is 53.1 Å². The van der Waals surface area contributed by atoms with E-state index >= 15 is 0 Å². The summed E-state index contributed by atoms with van der Waals surface area (Å²) in [5, 5.41) is 3.50. The van der Waals surface area contributed by atoms with Crippen molar-refractivity contribution >= 4 is 65.1 Å². The third-order valence-electron chi connectivity index (χ3n) is 2.81. The quantitative estimate of drug-likeness (QED) is 0.496. The van der Waals surface area contributed by atoms with Gasteiger partial charge in [-0.05, 0) is 68.6 Å². The van der Waals surface area contributed by atoms with Gasteiger partial charge in [0.2, 0.25) is 0 Å². The van der Waals surface area contributed by atoms with E-state index in [-0.39, 0.29) is 11.1 Å². The fraction of sp³-hybridized carbons (Fsp3) is 0.143. The lowest BCUT2D eigenvalue weighted by Crippen LogP contribution is -2.08. The Kier molecular flexibility index (Phi) is 5.51. The van der Waals surface area contributed by atoms with Gasteiger partial charge < -0.3 is 5.32 Å². The Morgan fingerprint density at radius 3 is 2.25 bits per heavy atom. The van der Waals surface area contributed by atoms with E-state index in [1.165, 1.54) is 6.07 Å². The van der Waals surface area contributed by atoms with Crippen LogP contribution in [-0.2, 0) is 0 Å². The lowest BCUT2D eigenvalue weighted by molar-refractivity contribution is 0.627. The van der Waals surface area contributed by atoms with Gasteiger partial charge in [0.1, 0.15) is 5.82 Å². The van der Waals surface area contributed by atoms with Gasteiger partial charge in [-0.3, -0.25) is 0 Å². The molecule has 2 aromatic carbocycles. The second-order valence-corrected chi connectivity index (χ2v) is 7.32. The van der Waals surface area contributed by atoms with Crippen molar-refractivity contribution in [2.75, 3.05) is 5.32 Å². The molecule has 0 spiro atoms. The summed E-state index contributed by atoms with van der Waals surface area (Å²) in [5.41, 5.74) is 1.85. The van der Waals surface area contributed by atoms with Gasteiger partial charge in [-0.2, -0.15) is 0 Å². The molecule has 1 atom stereocenters. The van der Waals surface area contributed by atoms with Crippen LogP contribution in [0.4, 0.5) is 10.1 Å². The maximum atomic E-state index is 13.2. The van der Waals surface area contributed by atoms with Crippen molar-refractivity contribution in [3.63, 3.8) is 0 Å². The van der Waals surface area contributed by atoms with Gasteiger partial charge in [-0.25, -0.2) is 4.39 Å². The van der Waals surface area contributed by atoms with Gasteiger partial charge in [0.15, 0.2) is 0 Å². The molecule has 2 rings (SSSR count). The van der Waals surface area contributed by atoms with Crippen molar-refractivity contribution in [3.8, 4) is 0 Å². The fourth-order valence-electron chi connectivity index (χ4n) is 1.76. The minimum absolute atomic E-state index is 0.0122. The van der Waals surface area contributed by atoms with E-state index in [0.717, 1.165) is 24.7 Å². The zero-order chi connectivity index (χ0) is 14.9. The normalized spacial score (nSPS) is 12.3. The van der Waals surface area contributed by atoms with E-state index in [1.807, 2.05) is 19.1 Å². The SMILES string of the molecule is CC(Nc1c(Br)cc(Br)cc1Br)c1ccc(F)c(Cl)c1. The Morgan fingerprint density at radius 2 is 1.70 bits per heavy atom. The summed E-state index contributed by atoms with van der Waals surface area (Å²) in [7, 11) is 0. The van der Waals surface area contributed by atoms with Crippen molar-refractivity contribution in [3.05, 3.63) is 60.2 Å². The third-order valence-corrected chi connectivity index (χ3v) is 4.81. The van der Waals surface area contributed by atoms with Crippen LogP contribution >= 0.6 is 59.4 Å². The average molecular weight is 486 g/mol. The highest BCUT2D eigenvalue weighted by Crippen LogP contribution is 2.36. The summed E-state index contributed by atoms with van der Waals surface area (Å²) in [4.78, 5) is 0. The average Bonchev–Trinajstić information content (AvgIpc) is 2.36. The highest BCUT2D eigenvalue weighted by atomic mass is 79.9. The molecule has 106 valence electrons. The highest BCUT2D eigenvalue weighted by molar-refractivity contribution is 9.11. The lowest BCUT2D eigenvalue weighted by atomic mass is 10.1. The maximum absolute atomic E-state index is 13.2. The monoisotopic (exact) mass is 483 g/mol. The largest absolute Gasteiger partial charge is 0.377 e. The van der Waals surface area contributed by atoms with E-state index in [0.29, 0.717) is 0 Å². The van der Waals surface area contributed by atoms with Crippen LogP contribution in [0.2, 0.25) is 5.02 Å². The van der Waals surface area contributed by atoms with Crippen LogP contribution < -0.4 is 5.32 Å². The van der Waals surface area contributed by atoms with Crippen molar-refractivity contribution in [2.24, 2.45) is 0 Å². The molecular weight excluding hydrogens is 476 g/mol. The molecule has 1 N–H and O–H groups in total. The number of halogens is 5. The number of rotatable bonds is 3.